The molecule has 0 atom stereocenters. The second kappa shape index (κ2) is 9.70. The number of hydrogen-bond donors (Lipinski definition) is 3. The first-order valence-electron chi connectivity index (χ1n) is 11.2. The zero-order valence-electron chi connectivity index (χ0n) is 18.8. The molecule has 174 valence electrons. The molecule has 35 heavy (non-hydrogen) atoms. The number of H-pyrrole nitrogens is 1. The smallest absolute Gasteiger partial charge is 0.288 e. The molecule has 4 N–H and O–H groups in total. The normalized spacial score (nSPS) is 11.1. The van der Waals surface area contributed by atoms with E-state index >= 15 is 0 Å². The molecule has 3 heterocycles. The average Bonchev–Trinajstić information content (AvgIpc) is 3.37. The van der Waals surface area contributed by atoms with Crippen molar-refractivity contribution in [2.75, 3.05) is 6.54 Å². The van der Waals surface area contributed by atoms with Crippen LogP contribution in [0.15, 0.2) is 84.0 Å². The Morgan fingerprint density at radius 1 is 1.03 bits per heavy atom. The van der Waals surface area contributed by atoms with Crippen molar-refractivity contribution in [3.63, 3.8) is 0 Å². The Hall–Kier alpha value is -4.63. The van der Waals surface area contributed by atoms with Crippen LogP contribution in [0, 0.1) is 0 Å². The summed E-state index contributed by atoms with van der Waals surface area (Å²) in [6.07, 6.45) is 3.11. The first-order valence-corrected chi connectivity index (χ1v) is 11.2. The quantitative estimate of drug-likeness (QED) is 0.302. The summed E-state index contributed by atoms with van der Waals surface area (Å²) in [5.74, 6) is -0.623. The number of carbonyl (C=O) groups excluding carboxylic acids is 1. The molecule has 0 unspecified atom stereocenters. The molecule has 5 rings (SSSR count). The van der Waals surface area contributed by atoms with Crippen LogP contribution in [0.25, 0.3) is 33.3 Å². The molecule has 9 heteroatoms. The van der Waals surface area contributed by atoms with Crippen molar-refractivity contribution >= 4 is 16.8 Å². The standard InChI is InChI=1S/C26H23N7O2/c27-24(34)25-30-16-33(32-25)13-12-28-15-17-6-8-19(9-7-17)23-20(18-4-2-1-3-5-18)14-21-22(31-23)10-11-29-26(21)35/h1-11,14,16,28H,12-13,15H2,(H2,27,34)(H,29,35). The van der Waals surface area contributed by atoms with Gasteiger partial charge in [-0.2, -0.15) is 0 Å². The lowest BCUT2D eigenvalue weighted by Crippen LogP contribution is -2.20. The van der Waals surface area contributed by atoms with Gasteiger partial charge in [-0.3, -0.25) is 14.3 Å². The molecule has 0 aliphatic rings. The van der Waals surface area contributed by atoms with Gasteiger partial charge in [-0.05, 0) is 23.3 Å². The molecule has 5 aromatic rings. The number of hydrogen-bond acceptors (Lipinski definition) is 6. The number of primary amides is 1. The monoisotopic (exact) mass is 465 g/mol. The lowest BCUT2D eigenvalue weighted by Gasteiger charge is -2.12. The van der Waals surface area contributed by atoms with Gasteiger partial charge in [0.25, 0.3) is 11.5 Å². The summed E-state index contributed by atoms with van der Waals surface area (Å²) in [5, 5.41) is 7.94. The van der Waals surface area contributed by atoms with E-state index < -0.39 is 5.91 Å². The second-order valence-corrected chi connectivity index (χ2v) is 8.06. The fraction of sp³-hybridized carbons (Fsp3) is 0.115. The van der Waals surface area contributed by atoms with E-state index in [-0.39, 0.29) is 11.4 Å². The number of aromatic nitrogens is 5. The van der Waals surface area contributed by atoms with Gasteiger partial charge in [-0.25, -0.2) is 9.97 Å². The molecule has 0 aliphatic carbocycles. The molecular weight excluding hydrogens is 442 g/mol. The zero-order valence-corrected chi connectivity index (χ0v) is 18.8. The SMILES string of the molecule is NC(=O)c1ncn(CCNCc2ccc(-c3nc4cc[nH]c(=O)c4cc3-c3ccccc3)cc2)n1. The predicted molar refractivity (Wildman–Crippen MR) is 133 cm³/mol. The third kappa shape index (κ3) is 4.85. The number of pyridine rings is 2. The van der Waals surface area contributed by atoms with Crippen molar-refractivity contribution in [2.24, 2.45) is 5.73 Å². The molecule has 0 saturated carbocycles. The average molecular weight is 466 g/mol. The fourth-order valence-corrected chi connectivity index (χ4v) is 3.89. The molecule has 0 fully saturated rings. The maximum Gasteiger partial charge on any atom is 0.288 e. The summed E-state index contributed by atoms with van der Waals surface area (Å²) < 4.78 is 1.58. The van der Waals surface area contributed by atoms with Crippen LogP contribution in [0.4, 0.5) is 0 Å². The van der Waals surface area contributed by atoms with E-state index in [0.717, 1.165) is 27.9 Å². The summed E-state index contributed by atoms with van der Waals surface area (Å²) in [6, 6.07) is 21.9. The maximum absolute atomic E-state index is 12.4. The molecule has 0 bridgehead atoms. The van der Waals surface area contributed by atoms with E-state index in [1.54, 1.807) is 10.9 Å². The highest BCUT2D eigenvalue weighted by atomic mass is 16.1. The fourth-order valence-electron chi connectivity index (χ4n) is 3.89. The number of carbonyl (C=O) groups is 1. The van der Waals surface area contributed by atoms with Crippen molar-refractivity contribution in [3.05, 3.63) is 101 Å². The van der Waals surface area contributed by atoms with E-state index in [4.69, 9.17) is 10.7 Å². The van der Waals surface area contributed by atoms with Gasteiger partial charge in [0.2, 0.25) is 5.82 Å². The van der Waals surface area contributed by atoms with E-state index in [2.05, 4.69) is 32.5 Å². The highest BCUT2D eigenvalue weighted by Crippen LogP contribution is 2.32. The highest BCUT2D eigenvalue weighted by Gasteiger charge is 2.13. The predicted octanol–water partition coefficient (Wildman–Crippen LogP) is 2.74. The van der Waals surface area contributed by atoms with Crippen LogP contribution in [0.3, 0.4) is 0 Å². The molecule has 2 aromatic carbocycles. The molecular formula is C26H23N7O2. The minimum Gasteiger partial charge on any atom is -0.363 e. The number of nitrogens with zero attached hydrogens (tertiary/aromatic N) is 4. The van der Waals surface area contributed by atoms with Gasteiger partial charge >= 0.3 is 0 Å². The van der Waals surface area contributed by atoms with Gasteiger partial charge in [-0.15, -0.1) is 5.10 Å². The van der Waals surface area contributed by atoms with Crippen LogP contribution in [-0.4, -0.2) is 37.2 Å². The second-order valence-electron chi connectivity index (χ2n) is 8.06. The van der Waals surface area contributed by atoms with E-state index in [1.807, 2.05) is 54.6 Å². The molecule has 9 nitrogen and oxygen atoms in total. The number of nitrogens with one attached hydrogen (secondary N) is 2. The Morgan fingerprint density at radius 2 is 1.83 bits per heavy atom. The Bertz CT molecular complexity index is 1540. The van der Waals surface area contributed by atoms with E-state index in [0.29, 0.717) is 30.5 Å². The molecule has 0 spiro atoms. The molecule has 0 saturated heterocycles. The van der Waals surface area contributed by atoms with Crippen LogP contribution in [-0.2, 0) is 13.1 Å². The summed E-state index contributed by atoms with van der Waals surface area (Å²) in [5.41, 5.74) is 10.5. The van der Waals surface area contributed by atoms with Gasteiger partial charge in [0.1, 0.15) is 6.33 Å². The van der Waals surface area contributed by atoms with Gasteiger partial charge in [0, 0.05) is 30.4 Å². The van der Waals surface area contributed by atoms with Crippen LogP contribution in [0.2, 0.25) is 0 Å². The highest BCUT2D eigenvalue weighted by molar-refractivity contribution is 5.91. The number of amides is 1. The molecule has 3 aromatic heterocycles. The summed E-state index contributed by atoms with van der Waals surface area (Å²) in [6.45, 7) is 1.89. The van der Waals surface area contributed by atoms with Crippen LogP contribution < -0.4 is 16.6 Å². The number of benzene rings is 2. The van der Waals surface area contributed by atoms with Crippen molar-refractivity contribution in [3.8, 4) is 22.4 Å². The van der Waals surface area contributed by atoms with Gasteiger partial charge in [0.15, 0.2) is 0 Å². The van der Waals surface area contributed by atoms with Gasteiger partial charge < -0.3 is 16.0 Å². The Balaban J connectivity index is 1.34. The summed E-state index contributed by atoms with van der Waals surface area (Å²) in [4.78, 5) is 34.9. The van der Waals surface area contributed by atoms with Crippen LogP contribution >= 0.6 is 0 Å². The van der Waals surface area contributed by atoms with Crippen LogP contribution in [0.1, 0.15) is 16.2 Å². The first kappa shape index (κ1) is 22.2. The maximum atomic E-state index is 12.4. The third-order valence-corrected chi connectivity index (χ3v) is 5.67. The summed E-state index contributed by atoms with van der Waals surface area (Å²) in [7, 11) is 0. The van der Waals surface area contributed by atoms with Crippen molar-refractivity contribution in [1.29, 1.82) is 0 Å². The number of nitrogens with two attached hydrogens (primary N) is 1. The van der Waals surface area contributed by atoms with Crippen LogP contribution in [0.5, 0.6) is 0 Å². The molecule has 0 radical (unpaired) electrons. The van der Waals surface area contributed by atoms with E-state index in [9.17, 15) is 9.59 Å². The zero-order chi connectivity index (χ0) is 24.2. The van der Waals surface area contributed by atoms with E-state index in [1.165, 1.54) is 6.33 Å². The van der Waals surface area contributed by atoms with Crippen molar-refractivity contribution in [1.82, 2.24) is 30.0 Å². The molecule has 1 amide bonds. The number of aromatic amines is 1. The Morgan fingerprint density at radius 3 is 2.57 bits per heavy atom. The topological polar surface area (TPSA) is 132 Å². The lowest BCUT2D eigenvalue weighted by atomic mass is 9.97. The Labute approximate surface area is 200 Å². The summed E-state index contributed by atoms with van der Waals surface area (Å²) >= 11 is 0. The first-order chi connectivity index (χ1) is 17.1. The lowest BCUT2D eigenvalue weighted by molar-refractivity contribution is 0.0990. The van der Waals surface area contributed by atoms with Crippen molar-refractivity contribution in [2.45, 2.75) is 13.1 Å². The number of fused-ring (bicyclic) bond motifs is 1. The van der Waals surface area contributed by atoms with Crippen molar-refractivity contribution < 1.29 is 4.79 Å². The number of rotatable bonds is 8. The van der Waals surface area contributed by atoms with Gasteiger partial charge in [0.05, 0.1) is 23.1 Å². The Kier molecular flexibility index (Phi) is 6.15. The van der Waals surface area contributed by atoms with Gasteiger partial charge in [-0.1, -0.05) is 54.6 Å². The minimum absolute atomic E-state index is 0.0161. The largest absolute Gasteiger partial charge is 0.363 e. The minimum atomic E-state index is -0.639. The molecule has 0 aliphatic heterocycles. The third-order valence-electron chi connectivity index (χ3n) is 5.67.